The van der Waals surface area contributed by atoms with Crippen molar-refractivity contribution in [3.8, 4) is 0 Å². The summed E-state index contributed by atoms with van der Waals surface area (Å²) in [6.45, 7) is 13.7. The monoisotopic (exact) mass is 277 g/mol. The highest BCUT2D eigenvalue weighted by Crippen LogP contribution is 2.17. The van der Waals surface area contributed by atoms with Crippen molar-refractivity contribution in [3.05, 3.63) is 0 Å². The van der Waals surface area contributed by atoms with Gasteiger partial charge in [-0.1, -0.05) is 0 Å². The number of hydrogen-bond acceptors (Lipinski definition) is 4. The zero-order valence-corrected chi connectivity index (χ0v) is 13.5. The molecule has 108 valence electrons. The van der Waals surface area contributed by atoms with E-state index in [1.165, 1.54) is 0 Å². The first-order valence-corrected chi connectivity index (χ1v) is 6.63. The largest absolute Gasteiger partial charge is 0.444 e. The molecule has 0 heterocycles. The highest BCUT2D eigenvalue weighted by molar-refractivity contribution is 7.81. The van der Waals surface area contributed by atoms with E-state index in [1.54, 1.807) is 0 Å². The Morgan fingerprint density at radius 1 is 1.11 bits per heavy atom. The first kappa shape index (κ1) is 17.6. The van der Waals surface area contributed by atoms with Crippen LogP contribution in [0.5, 0.6) is 0 Å². The average Bonchev–Trinajstić information content (AvgIpc) is 1.93. The fourth-order valence-electron chi connectivity index (χ4n) is 1.20. The summed E-state index contributed by atoms with van der Waals surface area (Å²) in [5.41, 5.74) is -0.856. The molecule has 0 rings (SSSR count). The number of rotatable bonds is 5. The van der Waals surface area contributed by atoms with Gasteiger partial charge in [0.05, 0.1) is 6.61 Å². The van der Waals surface area contributed by atoms with Crippen molar-refractivity contribution in [3.63, 3.8) is 0 Å². The van der Waals surface area contributed by atoms with Crippen LogP contribution in [0.2, 0.25) is 0 Å². The van der Waals surface area contributed by atoms with Crippen molar-refractivity contribution in [2.24, 2.45) is 0 Å². The highest BCUT2D eigenvalue weighted by Gasteiger charge is 2.25. The first-order valence-electron chi connectivity index (χ1n) is 6.18. The van der Waals surface area contributed by atoms with Gasteiger partial charge in [0.1, 0.15) is 10.5 Å². The van der Waals surface area contributed by atoms with Gasteiger partial charge in [-0.3, -0.25) is 0 Å². The van der Waals surface area contributed by atoms with Gasteiger partial charge in [-0.15, -0.1) is 12.6 Å². The third-order valence-corrected chi connectivity index (χ3v) is 2.15. The molecule has 0 aromatic rings. The molecule has 5 heteroatoms. The molecule has 1 N–H and O–H groups in total. The van der Waals surface area contributed by atoms with Crippen molar-refractivity contribution in [1.29, 1.82) is 0 Å². The van der Waals surface area contributed by atoms with Crippen molar-refractivity contribution in [1.82, 2.24) is 5.32 Å². The second-order valence-electron chi connectivity index (χ2n) is 6.56. The van der Waals surface area contributed by atoms with Crippen molar-refractivity contribution in [2.75, 3.05) is 6.61 Å². The highest BCUT2D eigenvalue weighted by atomic mass is 32.1. The van der Waals surface area contributed by atoms with Crippen molar-refractivity contribution < 1.29 is 14.3 Å². The molecule has 0 aromatic heterocycles. The molecule has 0 saturated heterocycles. The Morgan fingerprint density at radius 3 is 2.00 bits per heavy atom. The molecule has 0 aromatic carbocycles. The molecule has 4 nitrogen and oxygen atoms in total. The van der Waals surface area contributed by atoms with E-state index in [0.29, 0.717) is 13.0 Å². The van der Waals surface area contributed by atoms with Gasteiger partial charge < -0.3 is 14.8 Å². The molecule has 1 amide bonds. The summed E-state index contributed by atoms with van der Waals surface area (Å²) in [5, 5.41) is 2.83. The van der Waals surface area contributed by atoms with Crippen LogP contribution in [0, 0.1) is 0 Å². The van der Waals surface area contributed by atoms with Crippen LogP contribution in [0.25, 0.3) is 0 Å². The molecule has 0 bridgehead atoms. The van der Waals surface area contributed by atoms with Gasteiger partial charge in [0.25, 0.3) is 0 Å². The van der Waals surface area contributed by atoms with E-state index < -0.39 is 16.6 Å². The normalized spacial score (nSPS) is 13.3. The minimum absolute atomic E-state index is 0.374. The Balaban J connectivity index is 4.11. The summed E-state index contributed by atoms with van der Waals surface area (Å²) < 4.78 is 10.7. The van der Waals surface area contributed by atoms with Crippen molar-refractivity contribution >= 4 is 18.7 Å². The number of thiol groups is 1. The third-order valence-electron chi connectivity index (χ3n) is 2.02. The van der Waals surface area contributed by atoms with E-state index in [-0.39, 0.29) is 5.54 Å². The minimum Gasteiger partial charge on any atom is -0.444 e. The molecule has 0 aliphatic heterocycles. The van der Waals surface area contributed by atoms with Crippen LogP contribution >= 0.6 is 12.6 Å². The maximum atomic E-state index is 11.6. The number of carbonyl (C=O) groups is 1. The smallest absolute Gasteiger partial charge is 0.408 e. The van der Waals surface area contributed by atoms with E-state index >= 15 is 0 Å². The summed E-state index contributed by atoms with van der Waals surface area (Å²) in [5.74, 6) is 0. The van der Waals surface area contributed by atoms with Crippen LogP contribution in [0.3, 0.4) is 0 Å². The second-order valence-corrected chi connectivity index (χ2v) is 7.63. The number of ether oxygens (including phenoxy) is 2. The first-order chi connectivity index (χ1) is 7.81. The lowest BCUT2D eigenvalue weighted by Gasteiger charge is -2.29. The van der Waals surface area contributed by atoms with Gasteiger partial charge >= 0.3 is 6.09 Å². The maximum absolute atomic E-state index is 11.6. The zero-order chi connectivity index (χ0) is 14.6. The number of nitrogens with one attached hydrogen (secondary N) is 1. The van der Waals surface area contributed by atoms with E-state index in [0.717, 1.165) is 0 Å². The van der Waals surface area contributed by atoms with Crippen LogP contribution in [0.1, 0.15) is 54.9 Å². The lowest BCUT2D eigenvalue weighted by atomic mass is 10.0. The standard InChI is InChI=1S/C13H27NO3S/c1-11(2,3)17-10(15)14-12(4,5)8-9-16-13(6,7)18/h18H,8-9H2,1-7H3,(H,14,15). The zero-order valence-electron chi connectivity index (χ0n) is 12.6. The molecule has 0 atom stereocenters. The molecular formula is C13H27NO3S. The predicted octanol–water partition coefficient (Wildman–Crippen LogP) is 3.36. The summed E-state index contributed by atoms with van der Waals surface area (Å²) in [4.78, 5) is 11.2. The van der Waals surface area contributed by atoms with Crippen LogP contribution < -0.4 is 5.32 Å². The van der Waals surface area contributed by atoms with E-state index in [4.69, 9.17) is 9.47 Å². The van der Waals surface area contributed by atoms with Gasteiger partial charge in [-0.2, -0.15) is 0 Å². The Morgan fingerprint density at radius 2 is 1.61 bits per heavy atom. The maximum Gasteiger partial charge on any atom is 0.408 e. The Kier molecular flexibility index (Phi) is 6.01. The summed E-state index contributed by atoms with van der Waals surface area (Å²) in [6, 6.07) is 0. The van der Waals surface area contributed by atoms with Gasteiger partial charge in [0.15, 0.2) is 0 Å². The summed E-state index contributed by atoms with van der Waals surface area (Å²) >= 11 is 4.28. The lowest BCUT2D eigenvalue weighted by molar-refractivity contribution is 0.0313. The van der Waals surface area contributed by atoms with Crippen LogP contribution in [0.15, 0.2) is 0 Å². The van der Waals surface area contributed by atoms with E-state index in [1.807, 2.05) is 48.5 Å². The predicted molar refractivity (Wildman–Crippen MR) is 77.1 cm³/mol. The molecule has 0 aliphatic carbocycles. The molecular weight excluding hydrogens is 250 g/mol. The molecule has 0 saturated carbocycles. The van der Waals surface area contributed by atoms with Crippen LogP contribution in [0.4, 0.5) is 4.79 Å². The van der Waals surface area contributed by atoms with E-state index in [9.17, 15) is 4.79 Å². The Bertz CT molecular complexity index is 277. The average molecular weight is 277 g/mol. The van der Waals surface area contributed by atoms with E-state index in [2.05, 4.69) is 17.9 Å². The SMILES string of the molecule is CC(C)(CCOC(C)(C)S)NC(=O)OC(C)(C)C. The molecule has 0 unspecified atom stereocenters. The molecule has 18 heavy (non-hydrogen) atoms. The molecule has 0 aliphatic rings. The number of alkyl carbamates (subject to hydrolysis) is 1. The molecule has 0 radical (unpaired) electrons. The summed E-state index contributed by atoms with van der Waals surface area (Å²) in [6.07, 6.45) is 0.286. The van der Waals surface area contributed by atoms with Crippen LogP contribution in [-0.4, -0.2) is 28.8 Å². The molecule has 0 spiro atoms. The quantitative estimate of drug-likeness (QED) is 0.598. The van der Waals surface area contributed by atoms with Crippen LogP contribution in [-0.2, 0) is 9.47 Å². The van der Waals surface area contributed by atoms with Gasteiger partial charge in [-0.05, 0) is 54.9 Å². The number of amides is 1. The molecule has 0 fully saturated rings. The van der Waals surface area contributed by atoms with Gasteiger partial charge in [-0.25, -0.2) is 4.79 Å². The topological polar surface area (TPSA) is 47.6 Å². The van der Waals surface area contributed by atoms with Crippen molar-refractivity contribution in [2.45, 2.75) is 71.0 Å². The second kappa shape index (κ2) is 6.15. The van der Waals surface area contributed by atoms with Gasteiger partial charge in [0.2, 0.25) is 0 Å². The number of carbonyl (C=O) groups excluding carboxylic acids is 1. The minimum atomic E-state index is -0.482. The number of hydrogen-bond donors (Lipinski definition) is 2. The third kappa shape index (κ3) is 10.7. The Hall–Kier alpha value is -0.420. The lowest BCUT2D eigenvalue weighted by Crippen LogP contribution is -2.46. The van der Waals surface area contributed by atoms with Gasteiger partial charge in [0, 0.05) is 5.54 Å². The fraction of sp³-hybridized carbons (Fsp3) is 0.923. The Labute approximate surface area is 116 Å². The fourth-order valence-corrected chi connectivity index (χ4v) is 1.29. The summed E-state index contributed by atoms with van der Waals surface area (Å²) in [7, 11) is 0.